The average Bonchev–Trinajstić information content (AvgIpc) is 3.12. The molecular weight excluding hydrogens is 350 g/mol. The summed E-state index contributed by atoms with van der Waals surface area (Å²) >= 11 is 0. The summed E-state index contributed by atoms with van der Waals surface area (Å²) in [6.07, 6.45) is 2.45. The lowest BCUT2D eigenvalue weighted by Gasteiger charge is -2.14. The van der Waals surface area contributed by atoms with Crippen molar-refractivity contribution in [2.24, 2.45) is 0 Å². The number of amides is 1. The molecule has 2 N–H and O–H groups in total. The van der Waals surface area contributed by atoms with E-state index in [1.807, 2.05) is 49.4 Å². The van der Waals surface area contributed by atoms with Gasteiger partial charge in [-0.15, -0.1) is 0 Å². The summed E-state index contributed by atoms with van der Waals surface area (Å²) in [4.78, 5) is 12.9. The Morgan fingerprint density at radius 3 is 2.54 bits per heavy atom. The SMILES string of the molecule is CCC(CO)NC(=O)c1cn(Cc2ccccc2)nc1-c1ccc(C)c(C)c1. The number of hydrogen-bond donors (Lipinski definition) is 2. The van der Waals surface area contributed by atoms with Gasteiger partial charge in [-0.2, -0.15) is 5.10 Å². The maximum Gasteiger partial charge on any atom is 0.255 e. The van der Waals surface area contributed by atoms with Crippen LogP contribution in [0, 0.1) is 13.8 Å². The second kappa shape index (κ2) is 8.85. The number of aliphatic hydroxyl groups excluding tert-OH is 1. The molecule has 1 atom stereocenters. The smallest absolute Gasteiger partial charge is 0.255 e. The zero-order chi connectivity index (χ0) is 20.1. The van der Waals surface area contributed by atoms with Crippen molar-refractivity contribution in [2.75, 3.05) is 6.61 Å². The number of carbonyl (C=O) groups excluding carboxylic acids is 1. The van der Waals surface area contributed by atoms with Crippen LogP contribution in [0.25, 0.3) is 11.3 Å². The van der Waals surface area contributed by atoms with Gasteiger partial charge in [0, 0.05) is 11.8 Å². The Hall–Kier alpha value is -2.92. The standard InChI is InChI=1S/C23H27N3O2/c1-4-20(15-27)24-23(28)21-14-26(13-18-8-6-5-7-9-18)25-22(21)19-11-10-16(2)17(3)12-19/h5-12,14,20,27H,4,13,15H2,1-3H3,(H,24,28). The van der Waals surface area contributed by atoms with Crippen molar-refractivity contribution in [3.63, 3.8) is 0 Å². The lowest BCUT2D eigenvalue weighted by Crippen LogP contribution is -2.37. The molecule has 0 saturated heterocycles. The van der Waals surface area contributed by atoms with Crippen molar-refractivity contribution in [3.8, 4) is 11.3 Å². The van der Waals surface area contributed by atoms with Gasteiger partial charge < -0.3 is 10.4 Å². The first-order valence-corrected chi connectivity index (χ1v) is 9.62. The zero-order valence-corrected chi connectivity index (χ0v) is 16.6. The van der Waals surface area contributed by atoms with E-state index in [0.717, 1.165) is 16.7 Å². The van der Waals surface area contributed by atoms with E-state index in [-0.39, 0.29) is 18.6 Å². The molecule has 5 heteroatoms. The van der Waals surface area contributed by atoms with Crippen molar-refractivity contribution in [1.82, 2.24) is 15.1 Å². The van der Waals surface area contributed by atoms with Gasteiger partial charge in [0.2, 0.25) is 0 Å². The fourth-order valence-electron chi connectivity index (χ4n) is 3.08. The van der Waals surface area contributed by atoms with Crippen LogP contribution in [-0.4, -0.2) is 33.4 Å². The van der Waals surface area contributed by atoms with Crippen molar-refractivity contribution in [3.05, 3.63) is 77.0 Å². The summed E-state index contributed by atoms with van der Waals surface area (Å²) < 4.78 is 1.80. The molecule has 0 aliphatic carbocycles. The van der Waals surface area contributed by atoms with Crippen LogP contribution >= 0.6 is 0 Å². The van der Waals surface area contributed by atoms with Gasteiger partial charge in [-0.1, -0.05) is 49.4 Å². The molecule has 1 aromatic heterocycles. The first-order valence-electron chi connectivity index (χ1n) is 9.62. The van der Waals surface area contributed by atoms with Crippen molar-refractivity contribution >= 4 is 5.91 Å². The third-order valence-electron chi connectivity index (χ3n) is 5.02. The Kier molecular flexibility index (Phi) is 6.26. The highest BCUT2D eigenvalue weighted by Gasteiger charge is 2.20. The zero-order valence-electron chi connectivity index (χ0n) is 16.6. The Morgan fingerprint density at radius 2 is 1.89 bits per heavy atom. The quantitative estimate of drug-likeness (QED) is 0.659. The first kappa shape index (κ1) is 19.8. The summed E-state index contributed by atoms with van der Waals surface area (Å²) in [7, 11) is 0. The van der Waals surface area contributed by atoms with Gasteiger partial charge in [-0.3, -0.25) is 9.48 Å². The number of nitrogens with one attached hydrogen (secondary N) is 1. The minimum Gasteiger partial charge on any atom is -0.394 e. The van der Waals surface area contributed by atoms with Gasteiger partial charge in [-0.05, 0) is 43.0 Å². The van der Waals surface area contributed by atoms with Crippen LogP contribution in [0.4, 0.5) is 0 Å². The fourth-order valence-corrected chi connectivity index (χ4v) is 3.08. The predicted octanol–water partition coefficient (Wildman–Crippen LogP) is 3.72. The molecule has 5 nitrogen and oxygen atoms in total. The van der Waals surface area contributed by atoms with Crippen molar-refractivity contribution < 1.29 is 9.90 Å². The van der Waals surface area contributed by atoms with Crippen LogP contribution in [-0.2, 0) is 6.54 Å². The van der Waals surface area contributed by atoms with E-state index >= 15 is 0 Å². The summed E-state index contributed by atoms with van der Waals surface area (Å²) in [5, 5.41) is 17.1. The van der Waals surface area contributed by atoms with Crippen LogP contribution in [0.2, 0.25) is 0 Å². The summed E-state index contributed by atoms with van der Waals surface area (Å²) in [6.45, 7) is 6.55. The molecule has 0 radical (unpaired) electrons. The van der Waals surface area contributed by atoms with E-state index in [9.17, 15) is 9.90 Å². The van der Waals surface area contributed by atoms with Gasteiger partial charge in [-0.25, -0.2) is 0 Å². The van der Waals surface area contributed by atoms with Gasteiger partial charge in [0.1, 0.15) is 5.69 Å². The molecule has 0 aliphatic rings. The number of nitrogens with zero attached hydrogens (tertiary/aromatic N) is 2. The number of carbonyl (C=O) groups is 1. The van der Waals surface area contributed by atoms with E-state index < -0.39 is 0 Å². The van der Waals surface area contributed by atoms with Crippen molar-refractivity contribution in [1.29, 1.82) is 0 Å². The summed E-state index contributed by atoms with van der Waals surface area (Å²) in [6, 6.07) is 15.9. The summed E-state index contributed by atoms with van der Waals surface area (Å²) in [5.74, 6) is -0.214. The molecule has 146 valence electrons. The van der Waals surface area contributed by atoms with Crippen LogP contribution in [0.5, 0.6) is 0 Å². The topological polar surface area (TPSA) is 67.2 Å². The van der Waals surface area contributed by atoms with Gasteiger partial charge in [0.15, 0.2) is 0 Å². The molecule has 1 heterocycles. The van der Waals surface area contributed by atoms with Gasteiger partial charge in [0.05, 0.1) is 24.8 Å². The number of benzene rings is 2. The molecular formula is C23H27N3O2. The molecule has 0 saturated carbocycles. The van der Waals surface area contributed by atoms with E-state index in [0.29, 0.717) is 24.2 Å². The van der Waals surface area contributed by atoms with Gasteiger partial charge in [0.25, 0.3) is 5.91 Å². The molecule has 0 aliphatic heterocycles. The van der Waals surface area contributed by atoms with Crippen LogP contribution in [0.3, 0.4) is 0 Å². The minimum atomic E-state index is -0.266. The lowest BCUT2D eigenvalue weighted by atomic mass is 10.0. The highest BCUT2D eigenvalue weighted by Crippen LogP contribution is 2.25. The molecule has 1 unspecified atom stereocenters. The summed E-state index contributed by atoms with van der Waals surface area (Å²) in [5.41, 5.74) is 5.56. The number of aliphatic hydroxyl groups is 1. The van der Waals surface area contributed by atoms with E-state index in [2.05, 4.69) is 25.2 Å². The third kappa shape index (κ3) is 4.49. The molecule has 3 aromatic rings. The van der Waals surface area contributed by atoms with Crippen LogP contribution < -0.4 is 5.32 Å². The second-order valence-corrected chi connectivity index (χ2v) is 7.13. The Labute approximate surface area is 166 Å². The minimum absolute atomic E-state index is 0.0840. The number of aromatic nitrogens is 2. The second-order valence-electron chi connectivity index (χ2n) is 7.13. The highest BCUT2D eigenvalue weighted by molar-refractivity contribution is 6.00. The largest absolute Gasteiger partial charge is 0.394 e. The molecule has 1 amide bonds. The molecule has 2 aromatic carbocycles. The van der Waals surface area contributed by atoms with E-state index in [1.54, 1.807) is 10.9 Å². The highest BCUT2D eigenvalue weighted by atomic mass is 16.3. The van der Waals surface area contributed by atoms with Crippen LogP contribution in [0.1, 0.15) is 40.4 Å². The van der Waals surface area contributed by atoms with Crippen LogP contribution in [0.15, 0.2) is 54.7 Å². The maximum atomic E-state index is 12.9. The molecule has 3 rings (SSSR count). The molecule has 0 bridgehead atoms. The van der Waals surface area contributed by atoms with Gasteiger partial charge >= 0.3 is 0 Å². The Morgan fingerprint density at radius 1 is 1.14 bits per heavy atom. The number of aryl methyl sites for hydroxylation is 2. The fraction of sp³-hybridized carbons (Fsp3) is 0.304. The number of hydrogen-bond acceptors (Lipinski definition) is 3. The normalized spacial score (nSPS) is 12.0. The molecule has 0 spiro atoms. The molecule has 0 fully saturated rings. The van der Waals surface area contributed by atoms with Crippen molar-refractivity contribution in [2.45, 2.75) is 39.8 Å². The van der Waals surface area contributed by atoms with E-state index in [1.165, 1.54) is 5.56 Å². The predicted molar refractivity (Wildman–Crippen MR) is 111 cm³/mol. The lowest BCUT2D eigenvalue weighted by molar-refractivity contribution is 0.0915. The Bertz CT molecular complexity index is 944. The third-order valence-corrected chi connectivity index (χ3v) is 5.02. The monoisotopic (exact) mass is 377 g/mol. The molecule has 28 heavy (non-hydrogen) atoms. The first-order chi connectivity index (χ1) is 13.5. The maximum absolute atomic E-state index is 12.9. The number of rotatable bonds is 7. The Balaban J connectivity index is 1.99. The van der Waals surface area contributed by atoms with E-state index in [4.69, 9.17) is 5.10 Å². The average molecular weight is 377 g/mol.